The summed E-state index contributed by atoms with van der Waals surface area (Å²) in [5.74, 6) is 0.817. The van der Waals surface area contributed by atoms with E-state index in [1.807, 2.05) is 0 Å². The highest BCUT2D eigenvalue weighted by Crippen LogP contribution is 2.39. The molecular weight excluding hydrogens is 244 g/mol. The van der Waals surface area contributed by atoms with Gasteiger partial charge in [-0.05, 0) is 57.3 Å². The summed E-state index contributed by atoms with van der Waals surface area (Å²) in [5.41, 5.74) is 3.14. The van der Waals surface area contributed by atoms with Crippen LogP contribution in [0.25, 0.3) is 0 Å². The van der Waals surface area contributed by atoms with Crippen molar-refractivity contribution in [2.75, 3.05) is 32.1 Å². The fraction of sp³-hybridized carbons (Fsp3) is 0.667. The molecular formula is C18H28N2. The van der Waals surface area contributed by atoms with Gasteiger partial charge in [-0.15, -0.1) is 0 Å². The fourth-order valence-electron chi connectivity index (χ4n) is 3.98. The molecule has 0 bridgehead atoms. The molecule has 1 aromatic rings. The lowest BCUT2D eigenvalue weighted by Gasteiger charge is -2.38. The first kappa shape index (κ1) is 13.9. The first-order valence-corrected chi connectivity index (χ1v) is 8.26. The van der Waals surface area contributed by atoms with Crippen LogP contribution in [-0.2, 0) is 0 Å². The van der Waals surface area contributed by atoms with Crippen LogP contribution < -0.4 is 4.90 Å². The second-order valence-electron chi connectivity index (χ2n) is 6.72. The molecule has 0 spiro atoms. The van der Waals surface area contributed by atoms with Crippen LogP contribution in [0.5, 0.6) is 0 Å². The average Bonchev–Trinajstić information content (AvgIpc) is 3.01. The highest BCUT2D eigenvalue weighted by molar-refractivity contribution is 5.55. The SMILES string of the molecule is CN(C)C1CCN(c2ccccc2C2CCCC2)CC1. The van der Waals surface area contributed by atoms with Crippen LogP contribution in [0, 0.1) is 0 Å². The summed E-state index contributed by atoms with van der Waals surface area (Å²) in [6.07, 6.45) is 8.22. The number of hydrogen-bond acceptors (Lipinski definition) is 2. The van der Waals surface area contributed by atoms with E-state index in [4.69, 9.17) is 0 Å². The number of piperidine rings is 1. The topological polar surface area (TPSA) is 6.48 Å². The normalized spacial score (nSPS) is 21.9. The van der Waals surface area contributed by atoms with E-state index in [0.29, 0.717) is 0 Å². The van der Waals surface area contributed by atoms with Gasteiger partial charge in [0.25, 0.3) is 0 Å². The van der Waals surface area contributed by atoms with Crippen molar-refractivity contribution in [2.24, 2.45) is 0 Å². The Labute approximate surface area is 123 Å². The summed E-state index contributed by atoms with van der Waals surface area (Å²) in [4.78, 5) is 5.02. The second kappa shape index (κ2) is 6.17. The van der Waals surface area contributed by atoms with Gasteiger partial charge in [0.1, 0.15) is 0 Å². The van der Waals surface area contributed by atoms with Gasteiger partial charge in [-0.3, -0.25) is 0 Å². The third-order valence-corrected chi connectivity index (χ3v) is 5.27. The van der Waals surface area contributed by atoms with Crippen LogP contribution in [-0.4, -0.2) is 38.1 Å². The second-order valence-corrected chi connectivity index (χ2v) is 6.72. The summed E-state index contributed by atoms with van der Waals surface area (Å²) in [5, 5.41) is 0. The van der Waals surface area contributed by atoms with Crippen molar-refractivity contribution in [1.29, 1.82) is 0 Å². The van der Waals surface area contributed by atoms with Crippen LogP contribution in [0.15, 0.2) is 24.3 Å². The molecule has 0 atom stereocenters. The monoisotopic (exact) mass is 272 g/mol. The third-order valence-electron chi connectivity index (χ3n) is 5.27. The Morgan fingerprint density at radius 1 is 0.950 bits per heavy atom. The maximum atomic E-state index is 2.63. The maximum absolute atomic E-state index is 2.63. The first-order valence-electron chi connectivity index (χ1n) is 8.26. The zero-order valence-electron chi connectivity index (χ0n) is 13.0. The highest BCUT2D eigenvalue weighted by Gasteiger charge is 2.25. The first-order chi connectivity index (χ1) is 9.75. The molecule has 1 saturated heterocycles. The van der Waals surface area contributed by atoms with Crippen molar-refractivity contribution in [3.8, 4) is 0 Å². The molecule has 2 nitrogen and oxygen atoms in total. The van der Waals surface area contributed by atoms with E-state index in [2.05, 4.69) is 48.2 Å². The Morgan fingerprint density at radius 3 is 2.25 bits per heavy atom. The Hall–Kier alpha value is -1.02. The highest BCUT2D eigenvalue weighted by atomic mass is 15.2. The molecule has 0 unspecified atom stereocenters. The van der Waals surface area contributed by atoms with Gasteiger partial charge in [-0.2, -0.15) is 0 Å². The van der Waals surface area contributed by atoms with Gasteiger partial charge in [0.05, 0.1) is 0 Å². The molecule has 2 fully saturated rings. The van der Waals surface area contributed by atoms with E-state index < -0.39 is 0 Å². The maximum Gasteiger partial charge on any atom is 0.0401 e. The van der Waals surface area contributed by atoms with Crippen LogP contribution in [0.2, 0.25) is 0 Å². The van der Waals surface area contributed by atoms with Gasteiger partial charge in [0.2, 0.25) is 0 Å². The summed E-state index contributed by atoms with van der Waals surface area (Å²) in [6, 6.07) is 9.94. The number of benzene rings is 1. The van der Waals surface area contributed by atoms with Gasteiger partial charge in [0.15, 0.2) is 0 Å². The standard InChI is InChI=1S/C18H28N2/c1-19(2)16-11-13-20(14-12-16)18-10-6-5-9-17(18)15-7-3-4-8-15/h5-6,9-10,15-16H,3-4,7-8,11-14H2,1-2H3. The Kier molecular flexibility index (Phi) is 4.30. The predicted octanol–water partition coefficient (Wildman–Crippen LogP) is 3.87. The summed E-state index contributed by atoms with van der Waals surface area (Å²) in [6.45, 7) is 2.43. The lowest BCUT2D eigenvalue weighted by Crippen LogP contribution is -2.42. The lowest BCUT2D eigenvalue weighted by molar-refractivity contribution is 0.249. The Morgan fingerprint density at radius 2 is 1.60 bits per heavy atom. The van der Waals surface area contributed by atoms with Gasteiger partial charge in [-0.25, -0.2) is 0 Å². The molecule has 1 aliphatic heterocycles. The number of hydrogen-bond donors (Lipinski definition) is 0. The molecule has 1 saturated carbocycles. The Bertz CT molecular complexity index is 427. The zero-order chi connectivity index (χ0) is 13.9. The van der Waals surface area contributed by atoms with Crippen LogP contribution >= 0.6 is 0 Å². The van der Waals surface area contributed by atoms with Gasteiger partial charge < -0.3 is 9.80 Å². The van der Waals surface area contributed by atoms with Crippen molar-refractivity contribution in [3.63, 3.8) is 0 Å². The fourth-order valence-corrected chi connectivity index (χ4v) is 3.98. The average molecular weight is 272 g/mol. The minimum atomic E-state index is 0.768. The molecule has 0 N–H and O–H groups in total. The molecule has 20 heavy (non-hydrogen) atoms. The van der Waals surface area contributed by atoms with E-state index in [-0.39, 0.29) is 0 Å². The van der Waals surface area contributed by atoms with E-state index in [1.165, 1.54) is 57.3 Å². The van der Waals surface area contributed by atoms with Crippen molar-refractivity contribution >= 4 is 5.69 Å². The minimum Gasteiger partial charge on any atom is -0.371 e. The van der Waals surface area contributed by atoms with Crippen molar-refractivity contribution in [2.45, 2.75) is 50.5 Å². The van der Waals surface area contributed by atoms with Crippen LogP contribution in [0.3, 0.4) is 0 Å². The molecule has 1 heterocycles. The third kappa shape index (κ3) is 2.85. The largest absolute Gasteiger partial charge is 0.371 e. The van der Waals surface area contributed by atoms with Gasteiger partial charge in [-0.1, -0.05) is 31.0 Å². The minimum absolute atomic E-state index is 0.768. The lowest BCUT2D eigenvalue weighted by atomic mass is 9.94. The van der Waals surface area contributed by atoms with E-state index >= 15 is 0 Å². The molecule has 0 radical (unpaired) electrons. The Balaban J connectivity index is 1.74. The van der Waals surface area contributed by atoms with Crippen molar-refractivity contribution < 1.29 is 0 Å². The van der Waals surface area contributed by atoms with Crippen LogP contribution in [0.4, 0.5) is 5.69 Å². The molecule has 2 heteroatoms. The van der Waals surface area contributed by atoms with Gasteiger partial charge >= 0.3 is 0 Å². The molecule has 110 valence electrons. The van der Waals surface area contributed by atoms with Gasteiger partial charge in [0, 0.05) is 24.8 Å². The number of para-hydroxylation sites is 1. The molecule has 0 amide bonds. The zero-order valence-corrected chi connectivity index (χ0v) is 13.0. The molecule has 3 rings (SSSR count). The summed E-state index contributed by atoms with van der Waals surface area (Å²) in [7, 11) is 4.43. The van der Waals surface area contributed by atoms with Crippen LogP contribution in [0.1, 0.15) is 50.0 Å². The molecule has 2 aliphatic rings. The quantitative estimate of drug-likeness (QED) is 0.824. The summed E-state index contributed by atoms with van der Waals surface area (Å²) < 4.78 is 0. The van der Waals surface area contributed by atoms with Crippen molar-refractivity contribution in [3.05, 3.63) is 29.8 Å². The van der Waals surface area contributed by atoms with Crippen molar-refractivity contribution in [1.82, 2.24) is 4.90 Å². The number of anilines is 1. The summed E-state index contributed by atoms with van der Waals surface area (Å²) >= 11 is 0. The van der Waals surface area contributed by atoms with E-state index in [9.17, 15) is 0 Å². The number of nitrogens with zero attached hydrogens (tertiary/aromatic N) is 2. The predicted molar refractivity (Wildman–Crippen MR) is 86.6 cm³/mol. The molecule has 0 aromatic heterocycles. The molecule has 1 aromatic carbocycles. The number of rotatable bonds is 3. The molecule has 1 aliphatic carbocycles. The smallest absolute Gasteiger partial charge is 0.0401 e. The van der Waals surface area contributed by atoms with E-state index in [0.717, 1.165) is 12.0 Å². The van der Waals surface area contributed by atoms with E-state index in [1.54, 1.807) is 5.56 Å².